The Morgan fingerprint density at radius 2 is 2.20 bits per heavy atom. The molecule has 2 aromatic rings. The fourth-order valence-corrected chi connectivity index (χ4v) is 1.52. The van der Waals surface area contributed by atoms with E-state index in [4.69, 9.17) is 21.6 Å². The number of pyridine rings is 1. The van der Waals surface area contributed by atoms with E-state index >= 15 is 0 Å². The second kappa shape index (κ2) is 3.76. The molecule has 0 aliphatic carbocycles. The van der Waals surface area contributed by atoms with E-state index < -0.39 is 0 Å². The fraction of sp³-hybridized carbons (Fsp3) is 0.0909. The lowest BCUT2D eigenvalue weighted by Crippen LogP contribution is -1.92. The highest BCUT2D eigenvalue weighted by molar-refractivity contribution is 6.31. The zero-order valence-corrected chi connectivity index (χ0v) is 8.75. The molecule has 1 heterocycles. The van der Waals surface area contributed by atoms with Gasteiger partial charge in [-0.1, -0.05) is 17.7 Å². The van der Waals surface area contributed by atoms with Gasteiger partial charge in [-0.2, -0.15) is 5.26 Å². The molecule has 2 rings (SSSR count). The third kappa shape index (κ3) is 1.72. The van der Waals surface area contributed by atoms with Gasteiger partial charge in [0.15, 0.2) is 11.4 Å². The molecule has 0 aliphatic heterocycles. The summed E-state index contributed by atoms with van der Waals surface area (Å²) in [7, 11) is 1.51. The summed E-state index contributed by atoms with van der Waals surface area (Å²) < 4.78 is 5.06. The molecular formula is C11H7ClN2O. The molecule has 15 heavy (non-hydrogen) atoms. The number of ether oxygens (including phenoxy) is 1. The monoisotopic (exact) mass is 218 g/mol. The van der Waals surface area contributed by atoms with Crippen LogP contribution in [-0.2, 0) is 0 Å². The number of aromatic nitrogens is 1. The molecule has 1 aromatic heterocycles. The summed E-state index contributed by atoms with van der Waals surface area (Å²) in [5.41, 5.74) is 0.965. The standard InChI is InChI=1S/C11H7ClN2O/c1-15-11-4-7-2-3-8(12)5-9(7)14-10(11)6-13/h2-5H,1H3. The van der Waals surface area contributed by atoms with Gasteiger partial charge in [0.25, 0.3) is 0 Å². The Kier molecular flexibility index (Phi) is 2.44. The van der Waals surface area contributed by atoms with Gasteiger partial charge in [-0.05, 0) is 18.2 Å². The SMILES string of the molecule is COc1cc2ccc(Cl)cc2nc1C#N. The van der Waals surface area contributed by atoms with Gasteiger partial charge in [-0.3, -0.25) is 0 Å². The van der Waals surface area contributed by atoms with Crippen LogP contribution in [0.25, 0.3) is 10.9 Å². The van der Waals surface area contributed by atoms with Crippen LogP contribution in [0.4, 0.5) is 0 Å². The van der Waals surface area contributed by atoms with Crippen LogP contribution in [0.5, 0.6) is 5.75 Å². The summed E-state index contributed by atoms with van der Waals surface area (Å²) in [6.45, 7) is 0. The van der Waals surface area contributed by atoms with Crippen LogP contribution in [0.2, 0.25) is 5.02 Å². The van der Waals surface area contributed by atoms with E-state index in [0.29, 0.717) is 16.3 Å². The molecule has 0 spiro atoms. The topological polar surface area (TPSA) is 45.9 Å². The Labute approximate surface area is 91.9 Å². The number of benzene rings is 1. The number of hydrogen-bond donors (Lipinski definition) is 0. The first-order chi connectivity index (χ1) is 7.24. The highest BCUT2D eigenvalue weighted by Crippen LogP contribution is 2.24. The number of nitrogens with zero attached hydrogens (tertiary/aromatic N) is 2. The highest BCUT2D eigenvalue weighted by Gasteiger charge is 2.06. The molecule has 3 nitrogen and oxygen atoms in total. The van der Waals surface area contributed by atoms with E-state index in [1.165, 1.54) is 7.11 Å². The first kappa shape index (κ1) is 9.75. The van der Waals surface area contributed by atoms with Crippen molar-refractivity contribution in [3.63, 3.8) is 0 Å². The molecule has 0 unspecified atom stereocenters. The van der Waals surface area contributed by atoms with Crippen LogP contribution in [0.15, 0.2) is 24.3 Å². The minimum Gasteiger partial charge on any atom is -0.494 e. The van der Waals surface area contributed by atoms with E-state index in [-0.39, 0.29) is 5.69 Å². The Balaban J connectivity index is 2.77. The predicted molar refractivity (Wildman–Crippen MR) is 58.0 cm³/mol. The Bertz CT molecular complexity index is 560. The molecule has 0 amide bonds. The maximum atomic E-state index is 8.85. The lowest BCUT2D eigenvalue weighted by atomic mass is 10.2. The lowest BCUT2D eigenvalue weighted by molar-refractivity contribution is 0.412. The average Bonchev–Trinajstić information content (AvgIpc) is 2.27. The number of halogens is 1. The predicted octanol–water partition coefficient (Wildman–Crippen LogP) is 2.77. The molecule has 0 saturated carbocycles. The fourth-order valence-electron chi connectivity index (χ4n) is 1.36. The van der Waals surface area contributed by atoms with Crippen molar-refractivity contribution < 1.29 is 4.74 Å². The summed E-state index contributed by atoms with van der Waals surface area (Å²) in [5, 5.41) is 10.4. The van der Waals surface area contributed by atoms with Crippen molar-refractivity contribution in [2.24, 2.45) is 0 Å². The zero-order chi connectivity index (χ0) is 10.8. The van der Waals surface area contributed by atoms with Gasteiger partial charge in [-0.25, -0.2) is 4.98 Å². The van der Waals surface area contributed by atoms with E-state index in [1.807, 2.05) is 12.1 Å². The summed E-state index contributed by atoms with van der Waals surface area (Å²) in [4.78, 5) is 4.15. The molecule has 1 aromatic carbocycles. The first-order valence-electron chi connectivity index (χ1n) is 4.29. The first-order valence-corrected chi connectivity index (χ1v) is 4.67. The average molecular weight is 219 g/mol. The minimum absolute atomic E-state index is 0.271. The lowest BCUT2D eigenvalue weighted by Gasteiger charge is -2.04. The number of methoxy groups -OCH3 is 1. The molecule has 0 atom stereocenters. The second-order valence-electron chi connectivity index (χ2n) is 2.99. The summed E-state index contributed by atoms with van der Waals surface area (Å²) in [6.07, 6.45) is 0. The van der Waals surface area contributed by atoms with Crippen molar-refractivity contribution in [1.82, 2.24) is 4.98 Å². The normalized spacial score (nSPS) is 9.93. The number of nitriles is 1. The maximum Gasteiger partial charge on any atom is 0.183 e. The van der Waals surface area contributed by atoms with Crippen LogP contribution in [0, 0.1) is 11.3 Å². The van der Waals surface area contributed by atoms with Crippen molar-refractivity contribution in [1.29, 1.82) is 5.26 Å². The van der Waals surface area contributed by atoms with Gasteiger partial charge >= 0.3 is 0 Å². The van der Waals surface area contributed by atoms with Crippen LogP contribution in [0.1, 0.15) is 5.69 Å². The maximum absolute atomic E-state index is 8.85. The smallest absolute Gasteiger partial charge is 0.183 e. The Hall–Kier alpha value is -1.79. The molecule has 4 heteroatoms. The van der Waals surface area contributed by atoms with Crippen LogP contribution < -0.4 is 4.74 Å². The Morgan fingerprint density at radius 3 is 2.87 bits per heavy atom. The van der Waals surface area contributed by atoms with Crippen molar-refractivity contribution >= 4 is 22.5 Å². The molecular weight excluding hydrogens is 212 g/mol. The quantitative estimate of drug-likeness (QED) is 0.740. The zero-order valence-electron chi connectivity index (χ0n) is 7.99. The van der Waals surface area contributed by atoms with Gasteiger partial charge < -0.3 is 4.74 Å². The molecule has 0 aliphatic rings. The number of rotatable bonds is 1. The summed E-state index contributed by atoms with van der Waals surface area (Å²) in [6, 6.07) is 9.09. The van der Waals surface area contributed by atoms with Gasteiger partial charge in [0.05, 0.1) is 12.6 Å². The van der Waals surface area contributed by atoms with Crippen molar-refractivity contribution in [3.05, 3.63) is 35.0 Å². The molecule has 74 valence electrons. The summed E-state index contributed by atoms with van der Waals surface area (Å²) >= 11 is 5.83. The molecule has 0 saturated heterocycles. The van der Waals surface area contributed by atoms with Gasteiger partial charge in [-0.15, -0.1) is 0 Å². The molecule has 0 bridgehead atoms. The molecule has 0 fully saturated rings. The minimum atomic E-state index is 0.271. The van der Waals surface area contributed by atoms with Gasteiger partial charge in [0, 0.05) is 10.4 Å². The third-order valence-electron chi connectivity index (χ3n) is 2.07. The van der Waals surface area contributed by atoms with Gasteiger partial charge in [0.2, 0.25) is 0 Å². The van der Waals surface area contributed by atoms with Crippen molar-refractivity contribution in [3.8, 4) is 11.8 Å². The van der Waals surface area contributed by atoms with Crippen LogP contribution in [0.3, 0.4) is 0 Å². The summed E-state index contributed by atoms with van der Waals surface area (Å²) in [5.74, 6) is 0.479. The molecule has 0 N–H and O–H groups in total. The van der Waals surface area contributed by atoms with Crippen LogP contribution in [-0.4, -0.2) is 12.1 Å². The highest BCUT2D eigenvalue weighted by atomic mass is 35.5. The van der Waals surface area contributed by atoms with Gasteiger partial charge in [0.1, 0.15) is 6.07 Å². The second-order valence-corrected chi connectivity index (χ2v) is 3.42. The van der Waals surface area contributed by atoms with E-state index in [1.54, 1.807) is 18.2 Å². The Morgan fingerprint density at radius 1 is 1.40 bits per heavy atom. The van der Waals surface area contributed by atoms with E-state index in [0.717, 1.165) is 5.39 Å². The largest absolute Gasteiger partial charge is 0.494 e. The van der Waals surface area contributed by atoms with E-state index in [2.05, 4.69) is 4.98 Å². The van der Waals surface area contributed by atoms with Crippen molar-refractivity contribution in [2.45, 2.75) is 0 Å². The van der Waals surface area contributed by atoms with Crippen molar-refractivity contribution in [2.75, 3.05) is 7.11 Å². The number of fused-ring (bicyclic) bond motifs is 1. The third-order valence-corrected chi connectivity index (χ3v) is 2.31. The van der Waals surface area contributed by atoms with Crippen LogP contribution >= 0.6 is 11.6 Å². The number of hydrogen-bond acceptors (Lipinski definition) is 3. The van der Waals surface area contributed by atoms with E-state index in [9.17, 15) is 0 Å². The molecule has 0 radical (unpaired) electrons.